The van der Waals surface area contributed by atoms with Crippen molar-refractivity contribution in [2.24, 2.45) is 5.73 Å². The maximum atomic E-state index is 12.0. The molecule has 6 nitrogen and oxygen atoms in total. The summed E-state index contributed by atoms with van der Waals surface area (Å²) in [5.74, 6) is 0.603. The number of anilines is 1. The highest BCUT2D eigenvalue weighted by atomic mass is 79.9. The molecular weight excluding hydrogens is 370 g/mol. The molecule has 0 aliphatic carbocycles. The van der Waals surface area contributed by atoms with Gasteiger partial charge < -0.3 is 15.2 Å². The van der Waals surface area contributed by atoms with Crippen molar-refractivity contribution in [2.45, 2.75) is 25.4 Å². The standard InChI is InChI=1S/C17H18BrN5O/c18-15-11-23(9-13-5-2-1-4-12(13)8-19)17(21-16(15)24)22-7-3-6-14(20)10-22/h1-2,4-5,11,14H,3,6-7,9-10,20H2/t14-/m1/s1. The van der Waals surface area contributed by atoms with Crippen LogP contribution in [0.15, 0.2) is 39.7 Å². The van der Waals surface area contributed by atoms with Gasteiger partial charge in [0, 0.05) is 25.3 Å². The molecule has 0 saturated carbocycles. The molecule has 1 aliphatic rings. The van der Waals surface area contributed by atoms with Gasteiger partial charge in [-0.3, -0.25) is 4.79 Å². The van der Waals surface area contributed by atoms with E-state index in [1.807, 2.05) is 22.8 Å². The van der Waals surface area contributed by atoms with E-state index in [-0.39, 0.29) is 11.6 Å². The fourth-order valence-electron chi connectivity index (χ4n) is 2.97. The van der Waals surface area contributed by atoms with Crippen LogP contribution < -0.4 is 16.2 Å². The van der Waals surface area contributed by atoms with E-state index < -0.39 is 0 Å². The van der Waals surface area contributed by atoms with Crippen LogP contribution in [0.4, 0.5) is 5.95 Å². The molecule has 24 heavy (non-hydrogen) atoms. The molecule has 1 atom stereocenters. The van der Waals surface area contributed by atoms with E-state index in [0.717, 1.165) is 24.9 Å². The van der Waals surface area contributed by atoms with E-state index in [9.17, 15) is 10.1 Å². The van der Waals surface area contributed by atoms with Crippen LogP contribution in [0.2, 0.25) is 0 Å². The van der Waals surface area contributed by atoms with Gasteiger partial charge >= 0.3 is 0 Å². The second-order valence-electron chi connectivity index (χ2n) is 5.94. The molecule has 7 heteroatoms. The number of hydrogen-bond acceptors (Lipinski definition) is 5. The monoisotopic (exact) mass is 387 g/mol. The van der Waals surface area contributed by atoms with E-state index in [4.69, 9.17) is 5.73 Å². The summed E-state index contributed by atoms with van der Waals surface area (Å²) in [6.07, 6.45) is 3.69. The lowest BCUT2D eigenvalue weighted by Gasteiger charge is -2.33. The van der Waals surface area contributed by atoms with Crippen molar-refractivity contribution in [1.82, 2.24) is 9.55 Å². The van der Waals surface area contributed by atoms with Crippen LogP contribution in [0.25, 0.3) is 0 Å². The highest BCUT2D eigenvalue weighted by Gasteiger charge is 2.21. The van der Waals surface area contributed by atoms with Gasteiger partial charge in [-0.25, -0.2) is 0 Å². The number of hydrogen-bond donors (Lipinski definition) is 1. The molecule has 2 aromatic rings. The van der Waals surface area contributed by atoms with Crippen molar-refractivity contribution in [3.05, 3.63) is 56.4 Å². The van der Waals surface area contributed by atoms with Gasteiger partial charge in [-0.1, -0.05) is 18.2 Å². The smallest absolute Gasteiger partial charge is 0.288 e. The fraction of sp³-hybridized carbons (Fsp3) is 0.353. The molecule has 3 rings (SSSR count). The summed E-state index contributed by atoms with van der Waals surface area (Å²) in [5.41, 5.74) is 7.28. The van der Waals surface area contributed by atoms with Crippen molar-refractivity contribution in [3.63, 3.8) is 0 Å². The summed E-state index contributed by atoms with van der Waals surface area (Å²) in [5, 5.41) is 9.29. The maximum Gasteiger partial charge on any atom is 0.288 e. The van der Waals surface area contributed by atoms with Gasteiger partial charge in [0.25, 0.3) is 5.56 Å². The minimum absolute atomic E-state index is 0.0825. The molecule has 0 unspecified atom stereocenters. The van der Waals surface area contributed by atoms with Crippen molar-refractivity contribution in [3.8, 4) is 6.07 Å². The number of nitrogens with two attached hydrogens (primary N) is 1. The molecule has 0 radical (unpaired) electrons. The van der Waals surface area contributed by atoms with Crippen LogP contribution in [0.5, 0.6) is 0 Å². The van der Waals surface area contributed by atoms with Gasteiger partial charge in [0.1, 0.15) is 4.47 Å². The molecule has 1 saturated heterocycles. The van der Waals surface area contributed by atoms with E-state index in [0.29, 0.717) is 29.1 Å². The van der Waals surface area contributed by atoms with Gasteiger partial charge in [-0.15, -0.1) is 0 Å². The molecular formula is C17H18BrN5O. The zero-order valence-corrected chi connectivity index (χ0v) is 14.7. The first-order chi connectivity index (χ1) is 11.6. The molecule has 1 aromatic carbocycles. The number of benzene rings is 1. The Morgan fingerprint density at radius 1 is 1.42 bits per heavy atom. The van der Waals surface area contributed by atoms with Crippen LogP contribution in [-0.2, 0) is 6.54 Å². The average molecular weight is 388 g/mol. The molecule has 1 fully saturated rings. The third-order valence-corrected chi connectivity index (χ3v) is 4.70. The quantitative estimate of drug-likeness (QED) is 0.867. The third-order valence-electron chi connectivity index (χ3n) is 4.15. The Balaban J connectivity index is 2.02. The minimum atomic E-state index is -0.297. The molecule has 2 N–H and O–H groups in total. The Labute approximate surface area is 148 Å². The van der Waals surface area contributed by atoms with Crippen molar-refractivity contribution in [2.75, 3.05) is 18.0 Å². The zero-order valence-electron chi connectivity index (χ0n) is 13.2. The minimum Gasteiger partial charge on any atom is -0.341 e. The van der Waals surface area contributed by atoms with E-state index in [2.05, 4.69) is 31.9 Å². The lowest BCUT2D eigenvalue weighted by atomic mass is 10.1. The van der Waals surface area contributed by atoms with E-state index in [1.165, 1.54) is 0 Å². The van der Waals surface area contributed by atoms with E-state index in [1.54, 1.807) is 12.3 Å². The van der Waals surface area contributed by atoms with Crippen molar-refractivity contribution >= 4 is 21.9 Å². The highest BCUT2D eigenvalue weighted by Crippen LogP contribution is 2.20. The number of rotatable bonds is 3. The van der Waals surface area contributed by atoms with E-state index >= 15 is 0 Å². The van der Waals surface area contributed by atoms with Gasteiger partial charge in [-0.2, -0.15) is 10.2 Å². The Hall–Kier alpha value is -2.17. The van der Waals surface area contributed by atoms with Crippen LogP contribution in [0.3, 0.4) is 0 Å². The Morgan fingerprint density at radius 2 is 2.21 bits per heavy atom. The van der Waals surface area contributed by atoms with Gasteiger partial charge in [0.15, 0.2) is 0 Å². The van der Waals surface area contributed by atoms with Crippen molar-refractivity contribution in [1.29, 1.82) is 5.26 Å². The molecule has 0 amide bonds. The molecule has 124 valence electrons. The largest absolute Gasteiger partial charge is 0.341 e. The number of aromatic nitrogens is 2. The van der Waals surface area contributed by atoms with Crippen LogP contribution in [0, 0.1) is 11.3 Å². The van der Waals surface area contributed by atoms with Crippen LogP contribution in [-0.4, -0.2) is 28.7 Å². The SMILES string of the molecule is N#Cc1ccccc1Cn1cc(Br)c(=O)nc1N1CCC[C@@H](N)C1. The fourth-order valence-corrected chi connectivity index (χ4v) is 3.31. The Morgan fingerprint density at radius 3 is 2.96 bits per heavy atom. The number of halogens is 1. The molecule has 0 bridgehead atoms. The summed E-state index contributed by atoms with van der Waals surface area (Å²) < 4.78 is 2.31. The van der Waals surface area contributed by atoms with Gasteiger partial charge in [0.05, 0.1) is 18.2 Å². The number of nitriles is 1. The highest BCUT2D eigenvalue weighted by molar-refractivity contribution is 9.10. The predicted molar refractivity (Wildman–Crippen MR) is 95.9 cm³/mol. The summed E-state index contributed by atoms with van der Waals surface area (Å²) in [4.78, 5) is 18.3. The predicted octanol–water partition coefficient (Wildman–Crippen LogP) is 1.85. The zero-order chi connectivity index (χ0) is 17.1. The first-order valence-corrected chi connectivity index (χ1v) is 8.63. The maximum absolute atomic E-state index is 12.0. The van der Waals surface area contributed by atoms with Crippen LogP contribution >= 0.6 is 15.9 Å². The van der Waals surface area contributed by atoms with Crippen molar-refractivity contribution < 1.29 is 0 Å². The topological polar surface area (TPSA) is 87.9 Å². The Kier molecular flexibility index (Phi) is 4.97. The number of nitrogens with zero attached hydrogens (tertiary/aromatic N) is 4. The summed E-state index contributed by atoms with van der Waals surface area (Å²) >= 11 is 3.26. The first kappa shape index (κ1) is 16.7. The normalized spacial score (nSPS) is 17.5. The first-order valence-electron chi connectivity index (χ1n) is 7.84. The summed E-state index contributed by atoms with van der Waals surface area (Å²) in [7, 11) is 0. The molecule has 0 spiro atoms. The number of piperidine rings is 1. The third kappa shape index (κ3) is 3.50. The van der Waals surface area contributed by atoms with Gasteiger partial charge in [-0.05, 0) is 40.4 Å². The average Bonchev–Trinajstić information content (AvgIpc) is 2.58. The molecule has 1 aliphatic heterocycles. The van der Waals surface area contributed by atoms with Gasteiger partial charge in [0.2, 0.25) is 5.95 Å². The second kappa shape index (κ2) is 7.16. The second-order valence-corrected chi connectivity index (χ2v) is 6.79. The van der Waals surface area contributed by atoms with Crippen LogP contribution in [0.1, 0.15) is 24.0 Å². The summed E-state index contributed by atoms with van der Waals surface area (Å²) in [6.45, 7) is 1.96. The Bertz CT molecular complexity index is 842. The lowest BCUT2D eigenvalue weighted by Crippen LogP contribution is -2.45. The lowest BCUT2D eigenvalue weighted by molar-refractivity contribution is 0.491. The summed E-state index contributed by atoms with van der Waals surface area (Å²) in [6, 6.07) is 9.73. The molecule has 1 aromatic heterocycles. The molecule has 2 heterocycles.